The van der Waals surface area contributed by atoms with Gasteiger partial charge in [-0.2, -0.15) is 26.3 Å². The van der Waals surface area contributed by atoms with E-state index in [1.54, 1.807) is 12.1 Å². The van der Waals surface area contributed by atoms with Crippen molar-refractivity contribution in [3.05, 3.63) is 77.8 Å². The largest absolute Gasteiger partial charge is 0.481 e. The SMILES string of the molecule is C=CCCOC(=O)N1c2ccc(OC)nc2[C@@H](N(Cc2cc(C(F)(F)F)cc(C(F)(F)F)c2)c2ncc(N3CCC(C(=O)O)CC3)cn2)C[C@H]1CC. The summed E-state index contributed by atoms with van der Waals surface area (Å²) >= 11 is 0. The number of nitrogens with zero attached hydrogens (tertiary/aromatic N) is 6. The molecule has 52 heavy (non-hydrogen) atoms. The van der Waals surface area contributed by atoms with E-state index < -0.39 is 60.1 Å². The fourth-order valence-corrected chi connectivity index (χ4v) is 6.49. The Morgan fingerprint density at radius 3 is 2.21 bits per heavy atom. The first-order valence-electron chi connectivity index (χ1n) is 16.6. The molecule has 0 radical (unpaired) electrons. The number of fused-ring (bicyclic) bond motifs is 1. The van der Waals surface area contributed by atoms with Crippen LogP contribution in [0.2, 0.25) is 0 Å². The molecule has 11 nitrogen and oxygen atoms in total. The zero-order chi connectivity index (χ0) is 37.8. The summed E-state index contributed by atoms with van der Waals surface area (Å²) in [6, 6.07) is 3.11. The van der Waals surface area contributed by atoms with Crippen molar-refractivity contribution in [2.75, 3.05) is 41.5 Å². The fraction of sp³-hybridized carbons (Fsp3) is 0.457. The van der Waals surface area contributed by atoms with Gasteiger partial charge in [0.1, 0.15) is 0 Å². The number of amides is 1. The summed E-state index contributed by atoms with van der Waals surface area (Å²) in [6.07, 6.45) is -4.52. The Bertz CT molecular complexity index is 1720. The van der Waals surface area contributed by atoms with Crippen LogP contribution in [0.25, 0.3) is 0 Å². The quantitative estimate of drug-likeness (QED) is 0.119. The number of benzene rings is 1. The van der Waals surface area contributed by atoms with Crippen molar-refractivity contribution >= 4 is 29.4 Å². The van der Waals surface area contributed by atoms with Crippen LogP contribution >= 0.6 is 0 Å². The normalized spacial score (nSPS) is 18.1. The lowest BCUT2D eigenvalue weighted by Gasteiger charge is -2.43. The van der Waals surface area contributed by atoms with Crippen molar-refractivity contribution in [1.82, 2.24) is 15.0 Å². The van der Waals surface area contributed by atoms with E-state index in [1.165, 1.54) is 35.4 Å². The van der Waals surface area contributed by atoms with Gasteiger partial charge in [0.05, 0.1) is 66.3 Å². The Morgan fingerprint density at radius 2 is 1.67 bits per heavy atom. The molecular formula is C35H38F6N6O5. The highest BCUT2D eigenvalue weighted by molar-refractivity contribution is 5.90. The van der Waals surface area contributed by atoms with E-state index >= 15 is 0 Å². The topological polar surface area (TPSA) is 121 Å². The summed E-state index contributed by atoms with van der Waals surface area (Å²) in [5, 5.41) is 9.38. The average Bonchev–Trinajstić information content (AvgIpc) is 3.12. The van der Waals surface area contributed by atoms with Gasteiger partial charge >= 0.3 is 24.4 Å². The van der Waals surface area contributed by atoms with Crippen LogP contribution in [-0.4, -0.2) is 65.0 Å². The molecule has 2 aliphatic heterocycles. The van der Waals surface area contributed by atoms with Crippen LogP contribution in [0.3, 0.4) is 0 Å². The Balaban J connectivity index is 1.62. The van der Waals surface area contributed by atoms with Crippen LogP contribution in [0.1, 0.15) is 67.5 Å². The number of aromatic nitrogens is 3. The lowest BCUT2D eigenvalue weighted by atomic mass is 9.92. The van der Waals surface area contributed by atoms with Gasteiger partial charge in [0.15, 0.2) is 0 Å². The van der Waals surface area contributed by atoms with Crippen molar-refractivity contribution in [2.24, 2.45) is 5.92 Å². The Labute approximate surface area is 295 Å². The third kappa shape index (κ3) is 8.50. The minimum atomic E-state index is -5.07. The van der Waals surface area contributed by atoms with E-state index in [9.17, 15) is 41.0 Å². The van der Waals surface area contributed by atoms with Crippen LogP contribution < -0.4 is 19.4 Å². The maximum absolute atomic E-state index is 13.9. The van der Waals surface area contributed by atoms with Crippen LogP contribution in [-0.2, 0) is 28.4 Å². The Hall–Kier alpha value is -5.09. The molecule has 0 bridgehead atoms. The first kappa shape index (κ1) is 38.1. The molecular weight excluding hydrogens is 698 g/mol. The Kier molecular flexibility index (Phi) is 11.5. The number of aliphatic carboxylic acids is 1. The van der Waals surface area contributed by atoms with Crippen LogP contribution in [0, 0.1) is 5.92 Å². The highest BCUT2D eigenvalue weighted by atomic mass is 19.4. The van der Waals surface area contributed by atoms with Gasteiger partial charge in [0.2, 0.25) is 11.8 Å². The molecule has 1 saturated heterocycles. The minimum absolute atomic E-state index is 0.0208. The van der Waals surface area contributed by atoms with Crippen LogP contribution in [0.5, 0.6) is 5.88 Å². The second-order valence-electron chi connectivity index (χ2n) is 12.5. The second kappa shape index (κ2) is 15.7. The predicted octanol–water partition coefficient (Wildman–Crippen LogP) is 7.67. The van der Waals surface area contributed by atoms with Gasteiger partial charge in [-0.1, -0.05) is 13.0 Å². The van der Waals surface area contributed by atoms with E-state index in [0.717, 1.165) is 0 Å². The first-order valence-corrected chi connectivity index (χ1v) is 16.6. The highest BCUT2D eigenvalue weighted by Gasteiger charge is 2.42. The fourth-order valence-electron chi connectivity index (χ4n) is 6.49. The molecule has 2 aliphatic rings. The van der Waals surface area contributed by atoms with Crippen molar-refractivity contribution in [3.8, 4) is 5.88 Å². The lowest BCUT2D eigenvalue weighted by Crippen LogP contribution is -2.48. The van der Waals surface area contributed by atoms with Gasteiger partial charge in [-0.25, -0.2) is 19.7 Å². The lowest BCUT2D eigenvalue weighted by molar-refractivity contribution is -0.144. The third-order valence-corrected chi connectivity index (χ3v) is 9.20. The second-order valence-corrected chi connectivity index (χ2v) is 12.5. The average molecular weight is 737 g/mol. The third-order valence-electron chi connectivity index (χ3n) is 9.20. The molecule has 2 atom stereocenters. The number of alkyl halides is 6. The molecule has 1 amide bonds. The number of methoxy groups -OCH3 is 1. The van der Waals surface area contributed by atoms with Crippen LogP contribution in [0.15, 0.2) is 55.4 Å². The maximum atomic E-state index is 13.9. The summed E-state index contributed by atoms with van der Waals surface area (Å²) in [7, 11) is 1.38. The molecule has 0 saturated carbocycles. The molecule has 1 aromatic carbocycles. The Morgan fingerprint density at radius 1 is 1.04 bits per heavy atom. The number of rotatable bonds is 11. The molecule has 280 valence electrons. The van der Waals surface area contributed by atoms with Crippen molar-refractivity contribution in [3.63, 3.8) is 0 Å². The molecule has 1 fully saturated rings. The number of ether oxygens (including phenoxy) is 2. The molecule has 0 aliphatic carbocycles. The molecule has 5 rings (SSSR count). The van der Waals surface area contributed by atoms with Crippen molar-refractivity contribution in [1.29, 1.82) is 0 Å². The summed E-state index contributed by atoms with van der Waals surface area (Å²) in [6.45, 7) is 5.87. The zero-order valence-electron chi connectivity index (χ0n) is 28.5. The van der Waals surface area contributed by atoms with Gasteiger partial charge in [0.25, 0.3) is 0 Å². The van der Waals surface area contributed by atoms with E-state index in [4.69, 9.17) is 9.47 Å². The molecule has 0 unspecified atom stereocenters. The smallest absolute Gasteiger partial charge is 0.416 e. The highest BCUT2D eigenvalue weighted by Crippen LogP contribution is 2.44. The standard InChI is InChI=1S/C35H38F6N6O5/c1-4-6-13-52-33(50)47-25(5-2)17-28(30-27(47)7-8-29(44-30)51-3)46(20-21-14-23(34(36,37)38)16-24(15-21)35(39,40)41)32-42-18-26(19-43-32)45-11-9-22(10-12-45)31(48)49/h4,7-8,14-16,18-19,22,25,28H,1,5-6,9-13,17,20H2,2-3H3,(H,48,49)/t25-,28+/m1/s1. The number of carboxylic acid groups (broad SMARTS) is 1. The van der Waals surface area contributed by atoms with Crippen molar-refractivity contribution in [2.45, 2.75) is 70.0 Å². The van der Waals surface area contributed by atoms with E-state index in [-0.39, 0.29) is 42.2 Å². The molecule has 2 aromatic heterocycles. The zero-order valence-corrected chi connectivity index (χ0v) is 28.5. The number of carboxylic acids is 1. The van der Waals surface area contributed by atoms with Gasteiger partial charge in [-0.05, 0) is 61.9 Å². The monoisotopic (exact) mass is 736 g/mol. The van der Waals surface area contributed by atoms with E-state index in [1.807, 2.05) is 11.8 Å². The molecule has 1 N–H and O–H groups in total. The number of hydrogen-bond acceptors (Lipinski definition) is 9. The maximum Gasteiger partial charge on any atom is 0.416 e. The first-order chi connectivity index (χ1) is 24.6. The van der Waals surface area contributed by atoms with Gasteiger partial charge in [-0.15, -0.1) is 6.58 Å². The number of hydrogen-bond donors (Lipinski definition) is 1. The van der Waals surface area contributed by atoms with Gasteiger partial charge in [-0.3, -0.25) is 9.69 Å². The molecule has 0 spiro atoms. The summed E-state index contributed by atoms with van der Waals surface area (Å²) in [5.41, 5.74) is -2.13. The number of anilines is 3. The number of piperidine rings is 1. The minimum Gasteiger partial charge on any atom is -0.481 e. The number of carbonyl (C=O) groups is 2. The summed E-state index contributed by atoms with van der Waals surface area (Å²) in [4.78, 5) is 43.4. The number of pyridine rings is 1. The van der Waals surface area contributed by atoms with Gasteiger partial charge in [0, 0.05) is 31.7 Å². The van der Waals surface area contributed by atoms with Gasteiger partial charge < -0.3 is 24.4 Å². The molecule has 4 heterocycles. The van der Waals surface area contributed by atoms with Crippen molar-refractivity contribution < 1.29 is 50.5 Å². The summed E-state index contributed by atoms with van der Waals surface area (Å²) < 4.78 is 94.4. The van der Waals surface area contributed by atoms with E-state index in [0.29, 0.717) is 62.3 Å². The van der Waals surface area contributed by atoms with Crippen LogP contribution in [0.4, 0.5) is 48.5 Å². The number of halogens is 6. The molecule has 17 heteroatoms. The predicted molar refractivity (Wildman–Crippen MR) is 178 cm³/mol. The van der Waals surface area contributed by atoms with E-state index in [2.05, 4.69) is 21.5 Å². The summed E-state index contributed by atoms with van der Waals surface area (Å²) in [5.74, 6) is -1.23. The molecule has 3 aromatic rings. The number of carbonyl (C=O) groups excluding carboxylic acids is 1.